The van der Waals surface area contributed by atoms with Crippen molar-refractivity contribution in [2.75, 3.05) is 19.7 Å². The van der Waals surface area contributed by atoms with E-state index in [1.165, 1.54) is 5.06 Å². The number of amides is 2. The summed E-state index contributed by atoms with van der Waals surface area (Å²) in [5, 5.41) is 3.78. The van der Waals surface area contributed by atoms with E-state index in [4.69, 9.17) is 10.6 Å². The van der Waals surface area contributed by atoms with Crippen molar-refractivity contribution in [1.82, 2.24) is 10.4 Å². The molecular formula is C10H19N3O3. The number of hydroxylamine groups is 2. The van der Waals surface area contributed by atoms with Gasteiger partial charge >= 0.3 is 0 Å². The molecule has 2 amide bonds. The molecule has 0 spiro atoms. The van der Waals surface area contributed by atoms with Crippen LogP contribution in [0.25, 0.3) is 0 Å². The first-order chi connectivity index (χ1) is 7.52. The van der Waals surface area contributed by atoms with E-state index < -0.39 is 6.04 Å². The Morgan fingerprint density at radius 2 is 2.19 bits per heavy atom. The predicted molar refractivity (Wildman–Crippen MR) is 58.1 cm³/mol. The van der Waals surface area contributed by atoms with Crippen molar-refractivity contribution in [2.45, 2.75) is 26.3 Å². The fourth-order valence-electron chi connectivity index (χ4n) is 1.32. The van der Waals surface area contributed by atoms with Gasteiger partial charge in [0.15, 0.2) is 0 Å². The molecule has 6 nitrogen and oxygen atoms in total. The number of hydrogen-bond donors (Lipinski definition) is 2. The number of rotatable bonds is 4. The minimum Gasteiger partial charge on any atom is -0.346 e. The minimum absolute atomic E-state index is 0.0538. The summed E-state index contributed by atoms with van der Waals surface area (Å²) in [4.78, 5) is 28.0. The average Bonchev–Trinajstić information content (AvgIpc) is 2.77. The lowest BCUT2D eigenvalue weighted by molar-refractivity contribution is -0.168. The van der Waals surface area contributed by atoms with E-state index in [2.05, 4.69) is 5.32 Å². The van der Waals surface area contributed by atoms with Crippen LogP contribution in [0.4, 0.5) is 0 Å². The molecule has 16 heavy (non-hydrogen) atoms. The number of nitrogens with two attached hydrogens (primary N) is 1. The van der Waals surface area contributed by atoms with Crippen LogP contribution in [0.15, 0.2) is 0 Å². The maximum Gasteiger partial charge on any atom is 0.265 e. The third-order valence-electron chi connectivity index (χ3n) is 2.47. The van der Waals surface area contributed by atoms with Gasteiger partial charge in [-0.15, -0.1) is 0 Å². The molecule has 0 aliphatic carbocycles. The first-order valence-corrected chi connectivity index (χ1v) is 5.49. The van der Waals surface area contributed by atoms with Crippen molar-refractivity contribution in [2.24, 2.45) is 11.7 Å². The lowest BCUT2D eigenvalue weighted by Crippen LogP contribution is -2.47. The molecule has 0 radical (unpaired) electrons. The Morgan fingerprint density at radius 1 is 1.50 bits per heavy atom. The normalized spacial score (nSPS) is 17.6. The van der Waals surface area contributed by atoms with Crippen molar-refractivity contribution < 1.29 is 14.4 Å². The van der Waals surface area contributed by atoms with E-state index >= 15 is 0 Å². The van der Waals surface area contributed by atoms with Crippen LogP contribution in [0.5, 0.6) is 0 Å². The fraction of sp³-hybridized carbons (Fsp3) is 0.800. The molecule has 1 fully saturated rings. The van der Waals surface area contributed by atoms with Gasteiger partial charge in [0.25, 0.3) is 5.91 Å². The first kappa shape index (κ1) is 12.9. The summed E-state index contributed by atoms with van der Waals surface area (Å²) in [5.74, 6) is -0.484. The minimum atomic E-state index is -0.577. The Bertz CT molecular complexity index is 248. The van der Waals surface area contributed by atoms with Gasteiger partial charge in [-0.05, 0) is 12.3 Å². The van der Waals surface area contributed by atoms with Crippen LogP contribution < -0.4 is 11.1 Å². The van der Waals surface area contributed by atoms with E-state index in [0.717, 1.165) is 6.42 Å². The van der Waals surface area contributed by atoms with E-state index in [0.29, 0.717) is 13.2 Å². The van der Waals surface area contributed by atoms with E-state index in [-0.39, 0.29) is 24.3 Å². The smallest absolute Gasteiger partial charge is 0.265 e. The summed E-state index contributed by atoms with van der Waals surface area (Å²) in [6.07, 6.45) is 0.838. The SMILES string of the molecule is CC(C)[C@H](N)C(=O)NCC(=O)N1CCCO1. The lowest BCUT2D eigenvalue weighted by Gasteiger charge is -2.17. The molecule has 0 saturated carbocycles. The van der Waals surface area contributed by atoms with Crippen molar-refractivity contribution in [3.63, 3.8) is 0 Å². The van der Waals surface area contributed by atoms with E-state index in [1.54, 1.807) is 0 Å². The van der Waals surface area contributed by atoms with Crippen LogP contribution in [0.2, 0.25) is 0 Å². The predicted octanol–water partition coefficient (Wildman–Crippen LogP) is -0.750. The number of nitrogens with one attached hydrogen (secondary N) is 1. The molecule has 0 unspecified atom stereocenters. The Morgan fingerprint density at radius 3 is 2.69 bits per heavy atom. The Hall–Kier alpha value is -1.14. The van der Waals surface area contributed by atoms with Crippen molar-refractivity contribution in [3.8, 4) is 0 Å². The van der Waals surface area contributed by atoms with Crippen LogP contribution >= 0.6 is 0 Å². The standard InChI is InChI=1S/C10H19N3O3/c1-7(2)9(11)10(15)12-6-8(14)13-4-3-5-16-13/h7,9H,3-6,11H2,1-2H3,(H,12,15)/t9-/m0/s1. The summed E-state index contributed by atoms with van der Waals surface area (Å²) < 4.78 is 0. The zero-order valence-electron chi connectivity index (χ0n) is 9.73. The third-order valence-corrected chi connectivity index (χ3v) is 2.47. The summed E-state index contributed by atoms with van der Waals surface area (Å²) in [6, 6.07) is -0.577. The van der Waals surface area contributed by atoms with Gasteiger partial charge in [0.05, 0.1) is 25.7 Å². The van der Waals surface area contributed by atoms with Gasteiger partial charge in [-0.3, -0.25) is 14.4 Å². The number of hydrogen-bond acceptors (Lipinski definition) is 4. The van der Waals surface area contributed by atoms with Crippen molar-refractivity contribution >= 4 is 11.8 Å². The highest BCUT2D eigenvalue weighted by Crippen LogP contribution is 2.03. The highest BCUT2D eigenvalue weighted by molar-refractivity contribution is 5.87. The largest absolute Gasteiger partial charge is 0.346 e. The van der Waals surface area contributed by atoms with Gasteiger partial charge in [-0.25, -0.2) is 5.06 Å². The highest BCUT2D eigenvalue weighted by atomic mass is 16.7. The summed E-state index contributed by atoms with van der Waals surface area (Å²) >= 11 is 0. The zero-order valence-corrected chi connectivity index (χ0v) is 9.73. The van der Waals surface area contributed by atoms with E-state index in [1.807, 2.05) is 13.8 Å². The monoisotopic (exact) mass is 229 g/mol. The summed E-state index contributed by atoms with van der Waals surface area (Å²) in [7, 11) is 0. The molecule has 1 heterocycles. The van der Waals surface area contributed by atoms with Gasteiger partial charge in [-0.1, -0.05) is 13.8 Å². The second-order valence-electron chi connectivity index (χ2n) is 4.17. The van der Waals surface area contributed by atoms with Crippen molar-refractivity contribution in [3.05, 3.63) is 0 Å². The first-order valence-electron chi connectivity index (χ1n) is 5.49. The number of carbonyl (C=O) groups excluding carboxylic acids is 2. The van der Waals surface area contributed by atoms with Gasteiger partial charge in [0.1, 0.15) is 0 Å². The number of carbonyl (C=O) groups is 2. The molecule has 0 bridgehead atoms. The topological polar surface area (TPSA) is 84.7 Å². The fourth-order valence-corrected chi connectivity index (χ4v) is 1.32. The molecule has 0 aromatic carbocycles. The van der Waals surface area contributed by atoms with Crippen LogP contribution in [0, 0.1) is 5.92 Å². The van der Waals surface area contributed by atoms with Gasteiger partial charge in [0.2, 0.25) is 5.91 Å². The highest BCUT2D eigenvalue weighted by Gasteiger charge is 2.22. The van der Waals surface area contributed by atoms with Crippen LogP contribution in [-0.2, 0) is 14.4 Å². The molecule has 1 rings (SSSR count). The van der Waals surface area contributed by atoms with E-state index in [9.17, 15) is 9.59 Å². The Labute approximate surface area is 95.1 Å². The molecule has 92 valence electrons. The maximum absolute atomic E-state index is 11.5. The van der Waals surface area contributed by atoms with Gasteiger partial charge in [0, 0.05) is 0 Å². The molecule has 3 N–H and O–H groups in total. The second kappa shape index (κ2) is 5.81. The molecule has 1 atom stereocenters. The zero-order chi connectivity index (χ0) is 12.1. The van der Waals surface area contributed by atoms with Crippen LogP contribution in [-0.4, -0.2) is 42.6 Å². The lowest BCUT2D eigenvalue weighted by atomic mass is 10.1. The average molecular weight is 229 g/mol. The van der Waals surface area contributed by atoms with Gasteiger partial charge in [-0.2, -0.15) is 0 Å². The third kappa shape index (κ3) is 3.46. The molecule has 6 heteroatoms. The van der Waals surface area contributed by atoms with Crippen LogP contribution in [0.3, 0.4) is 0 Å². The molecule has 0 aromatic rings. The van der Waals surface area contributed by atoms with Gasteiger partial charge < -0.3 is 11.1 Å². The quantitative estimate of drug-likeness (QED) is 0.664. The number of nitrogens with zero attached hydrogens (tertiary/aromatic N) is 1. The molecule has 1 aliphatic heterocycles. The molecule has 1 aliphatic rings. The second-order valence-corrected chi connectivity index (χ2v) is 4.17. The molecule has 1 saturated heterocycles. The van der Waals surface area contributed by atoms with Crippen LogP contribution in [0.1, 0.15) is 20.3 Å². The van der Waals surface area contributed by atoms with Crippen molar-refractivity contribution in [1.29, 1.82) is 0 Å². The molecular weight excluding hydrogens is 210 g/mol. The summed E-state index contributed by atoms with van der Waals surface area (Å²) in [6.45, 7) is 4.81. The Kier molecular flexibility index (Phi) is 4.70. The Balaban J connectivity index is 2.28. The summed E-state index contributed by atoms with van der Waals surface area (Å²) in [5.41, 5.74) is 5.63. The maximum atomic E-state index is 11.5. The molecule has 0 aromatic heterocycles.